The van der Waals surface area contributed by atoms with Gasteiger partial charge in [0.1, 0.15) is 11.9 Å². The van der Waals surface area contributed by atoms with Gasteiger partial charge in [0.25, 0.3) is 0 Å². The van der Waals surface area contributed by atoms with Crippen LogP contribution in [0, 0.1) is 5.92 Å². The van der Waals surface area contributed by atoms with Gasteiger partial charge in [-0.3, -0.25) is 14.4 Å². The number of aliphatic hydroxyl groups is 1. The molecular formula is C38H47F3N6O6. The summed E-state index contributed by atoms with van der Waals surface area (Å²) >= 11 is 0. The summed E-state index contributed by atoms with van der Waals surface area (Å²) in [4.78, 5) is 54.6. The summed E-state index contributed by atoms with van der Waals surface area (Å²) in [6.07, 6.45) is -2.87. The van der Waals surface area contributed by atoms with Crippen LogP contribution in [-0.2, 0) is 27.0 Å². The summed E-state index contributed by atoms with van der Waals surface area (Å²) in [6, 6.07) is 15.0. The lowest BCUT2D eigenvalue weighted by Crippen LogP contribution is -2.48. The van der Waals surface area contributed by atoms with Crippen molar-refractivity contribution in [2.75, 3.05) is 48.4 Å². The number of para-hydroxylation sites is 2. The highest BCUT2D eigenvalue weighted by Gasteiger charge is 2.33. The second kappa shape index (κ2) is 18.4. The Labute approximate surface area is 306 Å². The molecular weight excluding hydrogens is 693 g/mol. The Balaban J connectivity index is 1.38. The minimum Gasteiger partial charge on any atom is -0.488 e. The number of fused-ring (bicyclic) bond motifs is 1. The highest BCUT2D eigenvalue weighted by molar-refractivity contribution is 5.94. The molecule has 0 unspecified atom stereocenters. The molecule has 3 aromatic carbocycles. The summed E-state index contributed by atoms with van der Waals surface area (Å²) in [5, 5.41) is 18.2. The SMILES string of the molecule is C[C@H]1CN([C@@H](C)CO)C(=O)Cc2cc(NC(=O)CCCCCC(=O)Nc3ccccc3N)ccc2O[C@H]1CN(C)C(=O)Nc1ccc(C(F)(F)F)cc1. The summed E-state index contributed by atoms with van der Waals surface area (Å²) in [5.41, 5.74) is 7.23. The molecule has 0 saturated heterocycles. The minimum atomic E-state index is -4.50. The van der Waals surface area contributed by atoms with Crippen molar-refractivity contribution >= 4 is 46.5 Å². The summed E-state index contributed by atoms with van der Waals surface area (Å²) in [5.74, 6) is -0.567. The number of urea groups is 1. The molecule has 0 bridgehead atoms. The summed E-state index contributed by atoms with van der Waals surface area (Å²) in [6.45, 7) is 3.60. The van der Waals surface area contributed by atoms with Gasteiger partial charge in [0.05, 0.1) is 42.6 Å². The van der Waals surface area contributed by atoms with Crippen LogP contribution in [0.5, 0.6) is 5.75 Å². The molecule has 0 aliphatic carbocycles. The first-order valence-electron chi connectivity index (χ1n) is 17.5. The fraction of sp³-hybridized carbons (Fsp3) is 0.421. The number of carbonyl (C=O) groups excluding carboxylic acids is 4. The highest BCUT2D eigenvalue weighted by atomic mass is 19.4. The molecule has 0 fully saturated rings. The van der Waals surface area contributed by atoms with E-state index in [1.807, 2.05) is 6.92 Å². The van der Waals surface area contributed by atoms with E-state index in [2.05, 4.69) is 16.0 Å². The molecule has 0 radical (unpaired) electrons. The van der Waals surface area contributed by atoms with Crippen LogP contribution in [0.4, 0.5) is 40.7 Å². The number of halogens is 3. The number of alkyl halides is 3. The number of benzene rings is 3. The van der Waals surface area contributed by atoms with E-state index in [-0.39, 0.29) is 61.9 Å². The number of nitrogens with zero attached hydrogens (tertiary/aromatic N) is 2. The quantitative estimate of drug-likeness (QED) is 0.104. The highest BCUT2D eigenvalue weighted by Crippen LogP contribution is 2.31. The first kappa shape index (κ1) is 40.5. The molecule has 0 saturated carbocycles. The lowest BCUT2D eigenvalue weighted by Gasteiger charge is -2.34. The number of hydrogen-bond donors (Lipinski definition) is 5. The van der Waals surface area contributed by atoms with Crippen LogP contribution >= 0.6 is 0 Å². The van der Waals surface area contributed by atoms with Gasteiger partial charge in [-0.15, -0.1) is 0 Å². The number of nitrogen functional groups attached to an aromatic ring is 1. The van der Waals surface area contributed by atoms with Crippen LogP contribution in [0.15, 0.2) is 66.7 Å². The van der Waals surface area contributed by atoms with Crippen LogP contribution in [-0.4, -0.2) is 77.5 Å². The van der Waals surface area contributed by atoms with E-state index in [0.29, 0.717) is 54.1 Å². The van der Waals surface area contributed by atoms with Gasteiger partial charge >= 0.3 is 12.2 Å². The van der Waals surface area contributed by atoms with Crippen LogP contribution in [0.3, 0.4) is 0 Å². The topological polar surface area (TPSA) is 166 Å². The Kier molecular flexibility index (Phi) is 14.1. The standard InChI is InChI=1S/C38H47F3N6O6/c1-24-21-47(25(2)23-48)36(51)20-26-19-29(43-34(49)11-5-4-6-12-35(50)45-31-10-8-7-9-30(31)42)17-18-32(26)53-33(24)22-46(3)37(52)44-28-15-13-27(14-16-28)38(39,40)41/h7-10,13-19,24-25,33,48H,4-6,11-12,20-23,42H2,1-3H3,(H,43,49)(H,44,52)(H,45,50)/t24-,25-,33-/m0/s1. The van der Waals surface area contributed by atoms with Crippen LogP contribution < -0.4 is 26.4 Å². The Bertz CT molecular complexity index is 1740. The fourth-order valence-corrected chi connectivity index (χ4v) is 5.83. The predicted octanol–water partition coefficient (Wildman–Crippen LogP) is 6.13. The Morgan fingerprint density at radius 1 is 0.962 bits per heavy atom. The number of anilines is 4. The van der Waals surface area contributed by atoms with E-state index < -0.39 is 29.9 Å². The van der Waals surface area contributed by atoms with E-state index in [1.165, 1.54) is 24.1 Å². The lowest BCUT2D eigenvalue weighted by molar-refractivity contribution is -0.137. The molecule has 15 heteroatoms. The van der Waals surface area contributed by atoms with E-state index in [0.717, 1.165) is 12.1 Å². The predicted molar refractivity (Wildman–Crippen MR) is 196 cm³/mol. The van der Waals surface area contributed by atoms with Crippen molar-refractivity contribution < 1.29 is 42.2 Å². The van der Waals surface area contributed by atoms with Crippen molar-refractivity contribution in [1.82, 2.24) is 9.80 Å². The normalized spacial score (nSPS) is 16.6. The first-order chi connectivity index (χ1) is 25.1. The second-order valence-electron chi connectivity index (χ2n) is 13.3. The number of ether oxygens (including phenoxy) is 1. The fourth-order valence-electron chi connectivity index (χ4n) is 5.83. The number of nitrogens with one attached hydrogen (secondary N) is 3. The Morgan fingerprint density at radius 2 is 1.60 bits per heavy atom. The zero-order valence-electron chi connectivity index (χ0n) is 30.0. The monoisotopic (exact) mass is 740 g/mol. The average Bonchev–Trinajstić information content (AvgIpc) is 3.15. The van der Waals surface area contributed by atoms with Gasteiger partial charge in [0.2, 0.25) is 17.7 Å². The van der Waals surface area contributed by atoms with Crippen molar-refractivity contribution in [1.29, 1.82) is 0 Å². The smallest absolute Gasteiger partial charge is 0.416 e. The number of rotatable bonds is 13. The maximum atomic E-state index is 13.6. The molecule has 3 atom stereocenters. The van der Waals surface area contributed by atoms with Gasteiger partial charge in [-0.25, -0.2) is 4.79 Å². The Morgan fingerprint density at radius 3 is 2.25 bits per heavy atom. The molecule has 53 heavy (non-hydrogen) atoms. The van der Waals surface area contributed by atoms with Crippen molar-refractivity contribution in [2.24, 2.45) is 5.92 Å². The third-order valence-electron chi connectivity index (χ3n) is 9.01. The number of nitrogens with two attached hydrogens (primary N) is 1. The number of hydrogen-bond acceptors (Lipinski definition) is 7. The van der Waals surface area contributed by atoms with Crippen LogP contribution in [0.1, 0.15) is 57.1 Å². The van der Waals surface area contributed by atoms with Gasteiger partial charge < -0.3 is 41.3 Å². The van der Waals surface area contributed by atoms with Gasteiger partial charge in [-0.2, -0.15) is 13.2 Å². The van der Waals surface area contributed by atoms with Gasteiger partial charge in [0, 0.05) is 49.3 Å². The van der Waals surface area contributed by atoms with Crippen molar-refractivity contribution in [3.63, 3.8) is 0 Å². The molecule has 12 nitrogen and oxygen atoms in total. The van der Waals surface area contributed by atoms with E-state index in [9.17, 15) is 37.5 Å². The molecule has 1 heterocycles. The molecule has 1 aliphatic heterocycles. The molecule has 1 aliphatic rings. The first-order valence-corrected chi connectivity index (χ1v) is 17.5. The molecule has 4 rings (SSSR count). The molecule has 3 aromatic rings. The number of aliphatic hydroxyl groups excluding tert-OH is 1. The van der Waals surface area contributed by atoms with Crippen molar-refractivity contribution in [3.05, 3.63) is 77.9 Å². The number of carbonyl (C=O) groups is 4. The van der Waals surface area contributed by atoms with Gasteiger partial charge in [-0.1, -0.05) is 25.5 Å². The van der Waals surface area contributed by atoms with Crippen molar-refractivity contribution in [3.8, 4) is 5.75 Å². The molecule has 6 N–H and O–H groups in total. The van der Waals surface area contributed by atoms with Crippen LogP contribution in [0.25, 0.3) is 0 Å². The molecule has 5 amide bonds. The largest absolute Gasteiger partial charge is 0.488 e. The number of amides is 5. The third-order valence-corrected chi connectivity index (χ3v) is 9.01. The minimum absolute atomic E-state index is 0.0586. The summed E-state index contributed by atoms with van der Waals surface area (Å²) in [7, 11) is 1.52. The van der Waals surface area contributed by atoms with Crippen molar-refractivity contribution in [2.45, 2.75) is 70.7 Å². The third kappa shape index (κ3) is 11.9. The second-order valence-corrected chi connectivity index (χ2v) is 13.3. The zero-order valence-corrected chi connectivity index (χ0v) is 30.0. The zero-order chi connectivity index (χ0) is 38.7. The molecule has 286 valence electrons. The lowest BCUT2D eigenvalue weighted by atomic mass is 10.0. The Hall–Kier alpha value is -5.31. The maximum absolute atomic E-state index is 13.6. The van der Waals surface area contributed by atoms with Crippen LogP contribution in [0.2, 0.25) is 0 Å². The maximum Gasteiger partial charge on any atom is 0.416 e. The van der Waals surface area contributed by atoms with E-state index in [4.69, 9.17) is 10.5 Å². The average molecular weight is 741 g/mol. The number of likely N-dealkylation sites (N-methyl/N-ethyl adjacent to an activating group) is 1. The number of unbranched alkanes of at least 4 members (excludes halogenated alkanes) is 2. The van der Waals surface area contributed by atoms with E-state index in [1.54, 1.807) is 54.3 Å². The van der Waals surface area contributed by atoms with E-state index >= 15 is 0 Å². The van der Waals surface area contributed by atoms with Gasteiger partial charge in [-0.05, 0) is 74.4 Å². The van der Waals surface area contributed by atoms with Gasteiger partial charge in [0.15, 0.2) is 0 Å². The molecule has 0 spiro atoms. The molecule has 0 aromatic heterocycles. The summed E-state index contributed by atoms with van der Waals surface area (Å²) < 4.78 is 45.4.